The van der Waals surface area contributed by atoms with Crippen molar-refractivity contribution < 1.29 is 14.3 Å². The molecule has 0 spiro atoms. The number of benzene rings is 3. The number of phenolic OH excluding ortho intramolecular Hbond substituents is 1. The molecule has 1 atom stereocenters. The predicted octanol–water partition coefficient (Wildman–Crippen LogP) is 5.85. The van der Waals surface area contributed by atoms with Crippen molar-refractivity contribution >= 4 is 5.91 Å². The first-order valence-corrected chi connectivity index (χ1v) is 11.4. The number of aromatic hydroxyl groups is 1. The Balaban J connectivity index is 1.67. The van der Waals surface area contributed by atoms with Crippen molar-refractivity contribution in [1.29, 1.82) is 0 Å². The van der Waals surface area contributed by atoms with Gasteiger partial charge in [0.25, 0.3) is 5.91 Å². The van der Waals surface area contributed by atoms with Crippen LogP contribution in [0, 0.1) is 19.7 Å². The van der Waals surface area contributed by atoms with Gasteiger partial charge in [0.05, 0.1) is 6.04 Å². The number of aromatic amines is 1. The second kappa shape index (κ2) is 8.45. The van der Waals surface area contributed by atoms with Gasteiger partial charge in [-0.3, -0.25) is 9.89 Å². The van der Waals surface area contributed by atoms with Crippen LogP contribution in [0.4, 0.5) is 4.39 Å². The Kier molecular flexibility index (Phi) is 5.44. The summed E-state index contributed by atoms with van der Waals surface area (Å²) in [5.74, 6) is -0.353. The van der Waals surface area contributed by atoms with Gasteiger partial charge in [-0.25, -0.2) is 4.39 Å². The minimum Gasteiger partial charge on any atom is -0.507 e. The molecule has 0 aliphatic carbocycles. The Morgan fingerprint density at radius 1 is 1.03 bits per heavy atom. The largest absolute Gasteiger partial charge is 0.507 e. The lowest BCUT2D eigenvalue weighted by Gasteiger charge is -2.27. The van der Waals surface area contributed by atoms with Gasteiger partial charge in [0, 0.05) is 17.7 Å². The molecule has 0 saturated heterocycles. The van der Waals surface area contributed by atoms with Crippen LogP contribution in [0.3, 0.4) is 0 Å². The smallest absolute Gasteiger partial charge is 0.273 e. The van der Waals surface area contributed by atoms with Crippen molar-refractivity contribution in [3.05, 3.63) is 106 Å². The summed E-state index contributed by atoms with van der Waals surface area (Å²) in [6.45, 7) is 6.28. The summed E-state index contributed by atoms with van der Waals surface area (Å²) in [6, 6.07) is 17.7. The number of nitrogens with one attached hydrogen (secondary N) is 1. The highest BCUT2D eigenvalue weighted by Gasteiger charge is 2.42. The maximum absolute atomic E-state index is 13.6. The molecule has 3 aromatic carbocycles. The fraction of sp³-hybridized carbons (Fsp3) is 0.214. The van der Waals surface area contributed by atoms with E-state index in [-0.39, 0.29) is 17.5 Å². The van der Waals surface area contributed by atoms with Gasteiger partial charge in [0.2, 0.25) is 0 Å². The van der Waals surface area contributed by atoms with Crippen LogP contribution in [-0.4, -0.2) is 26.1 Å². The summed E-state index contributed by atoms with van der Waals surface area (Å²) in [5, 5.41) is 18.2. The minimum atomic E-state index is -0.396. The molecule has 34 heavy (non-hydrogen) atoms. The molecule has 6 heteroatoms. The standard InChI is InChI=1S/C28H26FN3O2/c1-4-18-5-9-20(10-6-18)27-24-25(23-17(3)13-16(2)14-22(23)33)30-31-26(24)28(34)32(27)15-19-7-11-21(29)12-8-19/h5-14,27,33H,4,15H2,1-3H3,(H,30,31). The van der Waals surface area contributed by atoms with Crippen molar-refractivity contribution in [2.75, 3.05) is 0 Å². The van der Waals surface area contributed by atoms with E-state index in [9.17, 15) is 14.3 Å². The first-order chi connectivity index (χ1) is 16.4. The summed E-state index contributed by atoms with van der Waals surface area (Å²) in [6.07, 6.45) is 0.918. The lowest BCUT2D eigenvalue weighted by Crippen LogP contribution is -2.29. The molecule has 1 aliphatic heterocycles. The second-order valence-corrected chi connectivity index (χ2v) is 8.89. The number of aromatic nitrogens is 2. The van der Waals surface area contributed by atoms with Crippen LogP contribution >= 0.6 is 0 Å². The third-order valence-corrected chi connectivity index (χ3v) is 6.53. The molecule has 2 heterocycles. The SMILES string of the molecule is CCc1ccc(C2c3c(-c4c(C)cc(C)cc4O)n[nH]c3C(=O)N2Cc2ccc(F)cc2)cc1. The zero-order valence-electron chi connectivity index (χ0n) is 19.4. The van der Waals surface area contributed by atoms with Gasteiger partial charge in [0.15, 0.2) is 0 Å². The number of phenols is 1. The monoisotopic (exact) mass is 455 g/mol. The normalized spacial score (nSPS) is 15.1. The number of hydrogen-bond acceptors (Lipinski definition) is 3. The number of amides is 1. The van der Waals surface area contributed by atoms with Gasteiger partial charge in [0.1, 0.15) is 23.0 Å². The Labute approximate surface area is 197 Å². The van der Waals surface area contributed by atoms with E-state index in [0.717, 1.165) is 34.2 Å². The third kappa shape index (κ3) is 3.65. The molecular formula is C28H26FN3O2. The van der Waals surface area contributed by atoms with Crippen LogP contribution in [0.1, 0.15) is 56.8 Å². The van der Waals surface area contributed by atoms with Gasteiger partial charge < -0.3 is 10.0 Å². The Morgan fingerprint density at radius 2 is 1.71 bits per heavy atom. The number of carbonyl (C=O) groups is 1. The van der Waals surface area contributed by atoms with E-state index in [1.54, 1.807) is 23.1 Å². The van der Waals surface area contributed by atoms with Crippen molar-refractivity contribution in [3.8, 4) is 17.0 Å². The topological polar surface area (TPSA) is 69.2 Å². The Morgan fingerprint density at radius 3 is 2.35 bits per heavy atom. The van der Waals surface area contributed by atoms with E-state index < -0.39 is 6.04 Å². The Hall–Kier alpha value is -3.93. The maximum atomic E-state index is 13.6. The lowest BCUT2D eigenvalue weighted by molar-refractivity contribution is 0.0730. The first kappa shape index (κ1) is 21.9. The van der Waals surface area contributed by atoms with Crippen molar-refractivity contribution in [2.24, 2.45) is 0 Å². The number of nitrogens with zero attached hydrogens (tertiary/aromatic N) is 2. The number of aryl methyl sites for hydroxylation is 3. The number of hydrogen-bond donors (Lipinski definition) is 2. The van der Waals surface area contributed by atoms with Crippen LogP contribution in [0.2, 0.25) is 0 Å². The minimum absolute atomic E-state index is 0.135. The number of H-pyrrole nitrogens is 1. The van der Waals surface area contributed by atoms with E-state index in [1.807, 2.05) is 32.0 Å². The van der Waals surface area contributed by atoms with Gasteiger partial charge in [-0.2, -0.15) is 5.10 Å². The zero-order chi connectivity index (χ0) is 24.0. The van der Waals surface area contributed by atoms with Crippen molar-refractivity contribution in [3.63, 3.8) is 0 Å². The molecule has 5 nitrogen and oxygen atoms in total. The van der Waals surface area contributed by atoms with Crippen LogP contribution < -0.4 is 0 Å². The fourth-order valence-electron chi connectivity index (χ4n) is 4.87. The van der Waals surface area contributed by atoms with Crippen molar-refractivity contribution in [1.82, 2.24) is 15.1 Å². The average molecular weight is 456 g/mol. The third-order valence-electron chi connectivity index (χ3n) is 6.53. The summed E-state index contributed by atoms with van der Waals surface area (Å²) in [4.78, 5) is 15.3. The lowest BCUT2D eigenvalue weighted by atomic mass is 9.92. The summed E-state index contributed by atoms with van der Waals surface area (Å²) in [7, 11) is 0. The summed E-state index contributed by atoms with van der Waals surface area (Å²) < 4.78 is 13.5. The van der Waals surface area contributed by atoms with E-state index in [1.165, 1.54) is 17.7 Å². The zero-order valence-corrected chi connectivity index (χ0v) is 19.4. The van der Waals surface area contributed by atoms with Gasteiger partial charge in [-0.1, -0.05) is 49.4 Å². The van der Waals surface area contributed by atoms with Gasteiger partial charge in [-0.05, 0) is 66.3 Å². The molecule has 1 aromatic heterocycles. The first-order valence-electron chi connectivity index (χ1n) is 11.4. The molecular weight excluding hydrogens is 429 g/mol. The number of halogens is 1. The molecule has 172 valence electrons. The summed E-state index contributed by atoms with van der Waals surface area (Å²) in [5.41, 5.74) is 7.19. The van der Waals surface area contributed by atoms with E-state index in [2.05, 4.69) is 29.3 Å². The average Bonchev–Trinajstić information content (AvgIpc) is 3.34. The number of rotatable bonds is 5. The molecule has 1 aliphatic rings. The molecule has 5 rings (SSSR count). The highest BCUT2D eigenvalue weighted by molar-refractivity contribution is 6.00. The van der Waals surface area contributed by atoms with E-state index in [4.69, 9.17) is 0 Å². The molecule has 4 aromatic rings. The van der Waals surface area contributed by atoms with E-state index in [0.29, 0.717) is 23.5 Å². The van der Waals surface area contributed by atoms with Crippen molar-refractivity contribution in [2.45, 2.75) is 39.8 Å². The molecule has 0 radical (unpaired) electrons. The summed E-state index contributed by atoms with van der Waals surface area (Å²) >= 11 is 0. The van der Waals surface area contributed by atoms with Crippen LogP contribution in [-0.2, 0) is 13.0 Å². The maximum Gasteiger partial charge on any atom is 0.273 e. The fourth-order valence-corrected chi connectivity index (χ4v) is 4.87. The quantitative estimate of drug-likeness (QED) is 0.397. The van der Waals surface area contributed by atoms with Gasteiger partial charge >= 0.3 is 0 Å². The van der Waals surface area contributed by atoms with Crippen LogP contribution in [0.5, 0.6) is 5.75 Å². The molecule has 0 fully saturated rings. The van der Waals surface area contributed by atoms with Gasteiger partial charge in [-0.15, -0.1) is 0 Å². The van der Waals surface area contributed by atoms with E-state index >= 15 is 0 Å². The molecule has 1 unspecified atom stereocenters. The molecule has 0 saturated carbocycles. The second-order valence-electron chi connectivity index (χ2n) is 8.89. The van der Waals surface area contributed by atoms with Crippen LogP contribution in [0.25, 0.3) is 11.3 Å². The van der Waals surface area contributed by atoms with Crippen LogP contribution in [0.15, 0.2) is 60.7 Å². The molecule has 1 amide bonds. The number of carbonyl (C=O) groups excluding carboxylic acids is 1. The highest BCUT2D eigenvalue weighted by Crippen LogP contribution is 2.46. The predicted molar refractivity (Wildman–Crippen MR) is 129 cm³/mol. The molecule has 2 N–H and O–H groups in total. The molecule has 0 bridgehead atoms. The highest BCUT2D eigenvalue weighted by atomic mass is 19.1. The Bertz CT molecular complexity index is 1350. The number of fused-ring (bicyclic) bond motifs is 1.